The van der Waals surface area contributed by atoms with E-state index < -0.39 is 0 Å². The molecule has 208 valence electrons. The third-order valence-electron chi connectivity index (χ3n) is 6.37. The van der Waals surface area contributed by atoms with Crippen LogP contribution in [0.2, 0.25) is 0 Å². The molecule has 36 heavy (non-hydrogen) atoms. The van der Waals surface area contributed by atoms with Crippen LogP contribution in [0, 0.1) is 23.7 Å². The molecular weight excluding hydrogens is 460 g/mol. The van der Waals surface area contributed by atoms with Crippen molar-refractivity contribution in [2.45, 2.75) is 105 Å². The molecule has 2 saturated heterocycles. The van der Waals surface area contributed by atoms with Crippen molar-refractivity contribution >= 4 is 23.1 Å². The monoisotopic (exact) mass is 510 g/mol. The summed E-state index contributed by atoms with van der Waals surface area (Å²) in [5.74, 6) is 1.63. The van der Waals surface area contributed by atoms with Gasteiger partial charge in [0.1, 0.15) is 24.8 Å². The van der Waals surface area contributed by atoms with Gasteiger partial charge in [-0.3, -0.25) is 19.2 Å². The van der Waals surface area contributed by atoms with Gasteiger partial charge in [0.25, 0.3) is 0 Å². The first-order chi connectivity index (χ1) is 16.8. The number of ether oxygens (including phenoxy) is 2. The van der Waals surface area contributed by atoms with Crippen molar-refractivity contribution in [2.75, 3.05) is 26.3 Å². The summed E-state index contributed by atoms with van der Waals surface area (Å²) in [6.45, 7) is 17.0. The van der Waals surface area contributed by atoms with E-state index in [1.807, 2.05) is 27.7 Å². The van der Waals surface area contributed by atoms with Crippen LogP contribution in [0.4, 0.5) is 0 Å². The van der Waals surface area contributed by atoms with Crippen molar-refractivity contribution in [3.05, 3.63) is 0 Å². The smallest absolute Gasteiger partial charge is 0.175 e. The molecule has 2 rings (SSSR count). The van der Waals surface area contributed by atoms with Gasteiger partial charge in [0.05, 0.1) is 37.4 Å². The van der Waals surface area contributed by atoms with Crippen molar-refractivity contribution < 1.29 is 28.7 Å². The average Bonchev–Trinajstić information content (AvgIpc) is 2.85. The van der Waals surface area contributed by atoms with Gasteiger partial charge in [0.2, 0.25) is 0 Å². The molecule has 2 aliphatic rings. The molecule has 0 saturated carbocycles. The van der Waals surface area contributed by atoms with E-state index in [9.17, 15) is 19.2 Å². The molecule has 8 nitrogen and oxygen atoms in total. The minimum Gasteiger partial charge on any atom is -0.370 e. The highest BCUT2D eigenvalue weighted by Gasteiger charge is 2.28. The van der Waals surface area contributed by atoms with Gasteiger partial charge in [0.15, 0.2) is 11.6 Å². The Hall–Kier alpha value is -1.48. The van der Waals surface area contributed by atoms with Gasteiger partial charge in [-0.05, 0) is 36.5 Å². The van der Waals surface area contributed by atoms with Crippen LogP contribution in [0.3, 0.4) is 0 Å². The lowest BCUT2D eigenvalue weighted by atomic mass is 10.00. The highest BCUT2D eigenvalue weighted by atomic mass is 16.5. The normalized spacial score (nSPS) is 27.2. The Labute approximate surface area is 218 Å². The molecule has 4 atom stereocenters. The Kier molecular flexibility index (Phi) is 14.8. The Morgan fingerprint density at radius 2 is 0.972 bits per heavy atom. The summed E-state index contributed by atoms with van der Waals surface area (Å²) in [4.78, 5) is 47.6. The van der Waals surface area contributed by atoms with Gasteiger partial charge >= 0.3 is 0 Å². The lowest BCUT2D eigenvalue weighted by Gasteiger charge is -2.20. The van der Waals surface area contributed by atoms with E-state index in [2.05, 4.69) is 38.3 Å². The fourth-order valence-corrected chi connectivity index (χ4v) is 4.59. The first kappa shape index (κ1) is 32.5. The molecule has 2 N–H and O–H groups in total. The van der Waals surface area contributed by atoms with Crippen molar-refractivity contribution in [1.29, 1.82) is 0 Å². The van der Waals surface area contributed by atoms with Crippen LogP contribution in [0.1, 0.15) is 81.1 Å². The molecule has 0 bridgehead atoms. The Morgan fingerprint density at radius 1 is 0.639 bits per heavy atom. The average molecular weight is 511 g/mol. The first-order valence-electron chi connectivity index (χ1n) is 13.6. The lowest BCUT2D eigenvalue weighted by molar-refractivity contribution is -0.129. The first-order valence-corrected chi connectivity index (χ1v) is 13.6. The molecule has 8 heteroatoms. The fraction of sp³-hybridized carbons (Fsp3) is 0.857. The Balaban J connectivity index is 0.000000360. The molecule has 0 aromatic heterocycles. The molecule has 2 unspecified atom stereocenters. The summed E-state index contributed by atoms with van der Waals surface area (Å²) in [6.07, 6.45) is 2.23. The number of hydrogen-bond acceptors (Lipinski definition) is 8. The molecule has 0 radical (unpaired) electrons. The molecule has 0 aromatic rings. The van der Waals surface area contributed by atoms with Crippen LogP contribution in [-0.4, -0.2) is 73.7 Å². The largest absolute Gasteiger partial charge is 0.370 e. The number of nitrogens with one attached hydrogen (secondary N) is 2. The van der Waals surface area contributed by atoms with Crippen LogP contribution in [-0.2, 0) is 28.7 Å². The van der Waals surface area contributed by atoms with Gasteiger partial charge in [-0.2, -0.15) is 0 Å². The lowest BCUT2D eigenvalue weighted by Crippen LogP contribution is -2.44. The second kappa shape index (κ2) is 16.4. The van der Waals surface area contributed by atoms with Gasteiger partial charge in [0, 0.05) is 12.8 Å². The maximum absolute atomic E-state index is 12.0. The standard InChI is InChI=1S/2C14H25NO3/c2*1-9(2)5-12-6-11(16)7-15-14(10(3)4)13(17)8-18-12/h2*9-10,12,14-15H,5-8H2,1-4H3/t2*12?,14-/m00/s1. The zero-order chi connectivity index (χ0) is 27.4. The quantitative estimate of drug-likeness (QED) is 0.561. The molecular formula is C28H50N2O6. The number of ketones is 4. The van der Waals surface area contributed by atoms with E-state index in [4.69, 9.17) is 9.47 Å². The maximum Gasteiger partial charge on any atom is 0.175 e. The third kappa shape index (κ3) is 12.7. The summed E-state index contributed by atoms with van der Waals surface area (Å²) in [6, 6.07) is -0.543. The van der Waals surface area contributed by atoms with E-state index in [0.29, 0.717) is 24.7 Å². The molecule has 2 aliphatic heterocycles. The van der Waals surface area contributed by atoms with Gasteiger partial charge in [-0.1, -0.05) is 55.4 Å². The maximum atomic E-state index is 12.0. The van der Waals surface area contributed by atoms with Crippen molar-refractivity contribution in [3.63, 3.8) is 0 Å². The van der Waals surface area contributed by atoms with E-state index in [-0.39, 0.29) is 85.6 Å². The minimum atomic E-state index is -0.272. The Morgan fingerprint density at radius 3 is 1.25 bits per heavy atom. The molecule has 0 amide bonds. The highest BCUT2D eigenvalue weighted by molar-refractivity contribution is 5.88. The predicted octanol–water partition coefficient (Wildman–Crippen LogP) is 3.15. The summed E-state index contributed by atoms with van der Waals surface area (Å²) >= 11 is 0. The van der Waals surface area contributed by atoms with Crippen LogP contribution in [0.25, 0.3) is 0 Å². The highest BCUT2D eigenvalue weighted by Crippen LogP contribution is 2.16. The molecule has 0 spiro atoms. The number of carbonyl (C=O) groups is 4. The number of carbonyl (C=O) groups excluding carboxylic acids is 4. The molecule has 0 aliphatic carbocycles. The number of rotatable bonds is 6. The zero-order valence-corrected chi connectivity index (χ0v) is 23.7. The van der Waals surface area contributed by atoms with E-state index >= 15 is 0 Å². The SMILES string of the molecule is CC(C)CC1CC(=O)CN[C@@H](C(C)C)C(=O)CO1.CC(C)CC1CC(=O)CN[C@@H](C(C)C)C(=O)CO1. The molecule has 2 heterocycles. The van der Waals surface area contributed by atoms with Gasteiger partial charge < -0.3 is 20.1 Å². The number of Topliss-reactive ketones (excluding diaryl/α,β-unsaturated/α-hetero) is 4. The summed E-state index contributed by atoms with van der Waals surface area (Å²) in [5.41, 5.74) is 0. The summed E-state index contributed by atoms with van der Waals surface area (Å²) in [5, 5.41) is 6.11. The van der Waals surface area contributed by atoms with Crippen LogP contribution in [0.5, 0.6) is 0 Å². The molecule has 2 fully saturated rings. The second-order valence-corrected chi connectivity index (χ2v) is 11.7. The predicted molar refractivity (Wildman–Crippen MR) is 141 cm³/mol. The van der Waals surface area contributed by atoms with Gasteiger partial charge in [-0.25, -0.2) is 0 Å². The fourth-order valence-electron chi connectivity index (χ4n) is 4.59. The van der Waals surface area contributed by atoms with Crippen LogP contribution in [0.15, 0.2) is 0 Å². The van der Waals surface area contributed by atoms with Gasteiger partial charge in [-0.15, -0.1) is 0 Å². The molecule has 0 aromatic carbocycles. The third-order valence-corrected chi connectivity index (χ3v) is 6.37. The topological polar surface area (TPSA) is 111 Å². The van der Waals surface area contributed by atoms with Crippen molar-refractivity contribution in [1.82, 2.24) is 10.6 Å². The summed E-state index contributed by atoms with van der Waals surface area (Å²) < 4.78 is 11.3. The van der Waals surface area contributed by atoms with Crippen LogP contribution < -0.4 is 10.6 Å². The van der Waals surface area contributed by atoms with Crippen LogP contribution >= 0.6 is 0 Å². The summed E-state index contributed by atoms with van der Waals surface area (Å²) in [7, 11) is 0. The van der Waals surface area contributed by atoms with E-state index in [1.165, 1.54) is 0 Å². The minimum absolute atomic E-state index is 0.0495. The number of hydrogen-bond donors (Lipinski definition) is 2. The van der Waals surface area contributed by atoms with E-state index in [1.54, 1.807) is 0 Å². The Bertz CT molecular complexity index is 659. The second-order valence-electron chi connectivity index (χ2n) is 11.7. The zero-order valence-electron chi connectivity index (χ0n) is 23.7. The van der Waals surface area contributed by atoms with Crippen molar-refractivity contribution in [3.8, 4) is 0 Å². The van der Waals surface area contributed by atoms with Crippen molar-refractivity contribution in [2.24, 2.45) is 23.7 Å². The van der Waals surface area contributed by atoms with E-state index in [0.717, 1.165) is 12.8 Å².